The molecule has 0 fully saturated rings. The highest BCUT2D eigenvalue weighted by molar-refractivity contribution is 7.89. The first-order valence-corrected chi connectivity index (χ1v) is 8.72. The molecule has 21 heavy (non-hydrogen) atoms. The van der Waals surface area contributed by atoms with Crippen LogP contribution in [0.15, 0.2) is 12.1 Å². The first-order chi connectivity index (χ1) is 9.67. The van der Waals surface area contributed by atoms with Gasteiger partial charge in [-0.2, -0.15) is 0 Å². The monoisotopic (exact) mass is 350 g/mol. The fourth-order valence-corrected chi connectivity index (χ4v) is 2.98. The van der Waals surface area contributed by atoms with Gasteiger partial charge in [-0.1, -0.05) is 23.2 Å². The van der Waals surface area contributed by atoms with Crippen LogP contribution in [0.5, 0.6) is 0 Å². The lowest BCUT2D eigenvalue weighted by molar-refractivity contribution is -0.137. The Balaban J connectivity index is 2.59. The summed E-state index contributed by atoms with van der Waals surface area (Å²) in [6, 6.07) is 3.09. The maximum absolute atomic E-state index is 11.5. The lowest BCUT2D eigenvalue weighted by Crippen LogP contribution is -2.11. The first-order valence-electron chi connectivity index (χ1n) is 5.91. The van der Waals surface area contributed by atoms with Gasteiger partial charge in [0.25, 0.3) is 0 Å². The number of fused-ring (bicyclic) bond motifs is 1. The van der Waals surface area contributed by atoms with Gasteiger partial charge in [0, 0.05) is 12.8 Å². The molecule has 0 aliphatic rings. The smallest absolute Gasteiger partial charge is 0.305 e. The lowest BCUT2D eigenvalue weighted by atomic mass is 10.3. The van der Waals surface area contributed by atoms with Crippen molar-refractivity contribution in [1.29, 1.82) is 0 Å². The molecule has 0 aliphatic heterocycles. The number of aromatic nitrogens is 2. The van der Waals surface area contributed by atoms with Gasteiger partial charge in [-0.25, -0.2) is 13.4 Å². The quantitative estimate of drug-likeness (QED) is 0.893. The molecule has 0 saturated carbocycles. The molecule has 0 spiro atoms. The van der Waals surface area contributed by atoms with Gasteiger partial charge in [-0.15, -0.1) is 0 Å². The van der Waals surface area contributed by atoms with Gasteiger partial charge in [0.05, 0.1) is 27.5 Å². The minimum atomic E-state index is -3.30. The van der Waals surface area contributed by atoms with Gasteiger partial charge in [0.2, 0.25) is 0 Å². The summed E-state index contributed by atoms with van der Waals surface area (Å²) in [5.41, 5.74) is 1.04. The predicted octanol–water partition coefficient (Wildman–Crippen LogP) is 2.36. The number of imidazole rings is 1. The number of nitrogens with zero attached hydrogens (tertiary/aromatic N) is 2. The van der Waals surface area contributed by atoms with Crippen LogP contribution < -0.4 is 0 Å². The van der Waals surface area contributed by atoms with Crippen LogP contribution in [0.25, 0.3) is 11.0 Å². The maximum Gasteiger partial charge on any atom is 0.305 e. The Morgan fingerprint density at radius 2 is 1.95 bits per heavy atom. The van der Waals surface area contributed by atoms with E-state index >= 15 is 0 Å². The zero-order valence-electron chi connectivity index (χ0n) is 11.0. The van der Waals surface area contributed by atoms with Gasteiger partial charge in [-0.05, 0) is 12.1 Å². The number of rotatable bonds is 5. The van der Waals surface area contributed by atoms with Crippen molar-refractivity contribution in [3.8, 4) is 0 Å². The maximum atomic E-state index is 11.5. The summed E-state index contributed by atoms with van der Waals surface area (Å²) in [7, 11) is -3.30. The number of carboxylic acids is 1. The molecule has 1 heterocycles. The number of hydrogen-bond donors (Lipinski definition) is 1. The van der Waals surface area contributed by atoms with Gasteiger partial charge in [-0.3, -0.25) is 4.79 Å². The van der Waals surface area contributed by atoms with Crippen LogP contribution in [0.1, 0.15) is 12.2 Å². The van der Waals surface area contributed by atoms with Crippen LogP contribution in [0, 0.1) is 0 Å². The summed E-state index contributed by atoms with van der Waals surface area (Å²) in [6.07, 6.45) is 0.941. The molecule has 0 radical (unpaired) electrons. The Morgan fingerprint density at radius 3 is 2.52 bits per heavy atom. The van der Waals surface area contributed by atoms with E-state index in [0.29, 0.717) is 21.1 Å². The van der Waals surface area contributed by atoms with Crippen molar-refractivity contribution in [1.82, 2.24) is 9.55 Å². The average Bonchev–Trinajstić information content (AvgIpc) is 2.62. The van der Waals surface area contributed by atoms with Crippen LogP contribution in [0.4, 0.5) is 0 Å². The molecule has 6 nitrogen and oxygen atoms in total. The molecule has 2 aromatic rings. The van der Waals surface area contributed by atoms with Crippen molar-refractivity contribution < 1.29 is 18.3 Å². The van der Waals surface area contributed by atoms with Crippen LogP contribution >= 0.6 is 23.2 Å². The Labute approximate surface area is 131 Å². The Kier molecular flexibility index (Phi) is 4.46. The minimum absolute atomic E-state index is 0.106. The van der Waals surface area contributed by atoms with Crippen molar-refractivity contribution in [2.45, 2.75) is 18.7 Å². The van der Waals surface area contributed by atoms with E-state index < -0.39 is 15.8 Å². The molecule has 0 atom stereocenters. The lowest BCUT2D eigenvalue weighted by Gasteiger charge is -2.07. The minimum Gasteiger partial charge on any atom is -0.481 e. The van der Waals surface area contributed by atoms with Gasteiger partial charge < -0.3 is 9.67 Å². The number of halogens is 2. The van der Waals surface area contributed by atoms with Gasteiger partial charge in [0.15, 0.2) is 9.84 Å². The van der Waals surface area contributed by atoms with E-state index in [1.165, 1.54) is 6.07 Å². The topological polar surface area (TPSA) is 89.3 Å². The van der Waals surface area contributed by atoms with E-state index in [2.05, 4.69) is 4.98 Å². The van der Waals surface area contributed by atoms with Crippen molar-refractivity contribution in [2.75, 3.05) is 6.26 Å². The number of carbonyl (C=O) groups is 1. The third-order valence-electron chi connectivity index (χ3n) is 2.81. The fraction of sp³-hybridized carbons (Fsp3) is 0.333. The third kappa shape index (κ3) is 3.87. The second-order valence-electron chi connectivity index (χ2n) is 4.65. The summed E-state index contributed by atoms with van der Waals surface area (Å²) >= 11 is 11.9. The summed E-state index contributed by atoms with van der Waals surface area (Å²) in [6.45, 7) is 0.106. The molecule has 0 aliphatic carbocycles. The Morgan fingerprint density at radius 1 is 1.33 bits per heavy atom. The summed E-state index contributed by atoms with van der Waals surface area (Å²) in [5, 5.41) is 9.41. The highest BCUT2D eigenvalue weighted by Gasteiger charge is 2.17. The number of carboxylic acid groups (broad SMARTS) is 1. The average molecular weight is 351 g/mol. The predicted molar refractivity (Wildman–Crippen MR) is 80.6 cm³/mol. The molecule has 1 aromatic carbocycles. The van der Waals surface area contributed by atoms with Gasteiger partial charge >= 0.3 is 5.97 Å². The summed E-state index contributed by atoms with van der Waals surface area (Å²) in [4.78, 5) is 15.0. The molecule has 1 N–H and O–H groups in total. The molecule has 9 heteroatoms. The van der Waals surface area contributed by atoms with Crippen molar-refractivity contribution in [3.63, 3.8) is 0 Å². The standard InChI is InChI=1S/C12H12Cl2N2O4S/c1-21(19,20)6-11-15-9-4-7(13)8(14)5-10(9)16(11)3-2-12(17)18/h4-5H,2-3,6H2,1H3,(H,17,18). The molecule has 1 aromatic heterocycles. The number of aryl methyl sites for hydroxylation is 1. The Bertz CT molecular complexity index is 814. The SMILES string of the molecule is CS(=O)(=O)Cc1nc2cc(Cl)c(Cl)cc2n1CCC(=O)O. The molecule has 114 valence electrons. The first kappa shape index (κ1) is 16.1. The molecular weight excluding hydrogens is 339 g/mol. The normalized spacial score (nSPS) is 12.0. The number of hydrogen-bond acceptors (Lipinski definition) is 4. The highest BCUT2D eigenvalue weighted by atomic mass is 35.5. The zero-order chi connectivity index (χ0) is 15.8. The Hall–Kier alpha value is -1.31. The van der Waals surface area contributed by atoms with Crippen molar-refractivity contribution >= 4 is 50.0 Å². The number of sulfone groups is 1. The van der Waals surface area contributed by atoms with E-state index in [4.69, 9.17) is 28.3 Å². The highest BCUT2D eigenvalue weighted by Crippen LogP contribution is 2.29. The van der Waals surface area contributed by atoms with Crippen LogP contribution in [-0.2, 0) is 26.9 Å². The van der Waals surface area contributed by atoms with E-state index in [-0.39, 0.29) is 24.5 Å². The van der Waals surface area contributed by atoms with Crippen molar-refractivity contribution in [3.05, 3.63) is 28.0 Å². The van der Waals surface area contributed by atoms with E-state index in [0.717, 1.165) is 6.26 Å². The molecule has 0 amide bonds. The molecule has 0 saturated heterocycles. The zero-order valence-corrected chi connectivity index (χ0v) is 13.3. The van der Waals surface area contributed by atoms with Crippen LogP contribution in [0.3, 0.4) is 0 Å². The second-order valence-corrected chi connectivity index (χ2v) is 7.60. The molecule has 0 bridgehead atoms. The fourth-order valence-electron chi connectivity index (χ4n) is 1.97. The van der Waals surface area contributed by atoms with E-state index in [1.807, 2.05) is 0 Å². The summed E-state index contributed by atoms with van der Waals surface area (Å²) < 4.78 is 24.5. The largest absolute Gasteiger partial charge is 0.481 e. The van der Waals surface area contributed by atoms with Gasteiger partial charge in [0.1, 0.15) is 11.6 Å². The number of aliphatic carboxylic acids is 1. The molecule has 2 rings (SSSR count). The molecule has 0 unspecified atom stereocenters. The van der Waals surface area contributed by atoms with Crippen molar-refractivity contribution in [2.24, 2.45) is 0 Å². The third-order valence-corrected chi connectivity index (χ3v) is 4.31. The van der Waals surface area contributed by atoms with Crippen LogP contribution in [-0.4, -0.2) is 35.3 Å². The van der Waals surface area contributed by atoms with E-state index in [9.17, 15) is 13.2 Å². The molecular formula is C12H12Cl2N2O4S. The second kappa shape index (κ2) is 5.82. The summed E-state index contributed by atoms with van der Waals surface area (Å²) in [5.74, 6) is -0.995. The van der Waals surface area contributed by atoms with E-state index in [1.54, 1.807) is 10.6 Å². The van der Waals surface area contributed by atoms with Crippen LogP contribution in [0.2, 0.25) is 10.0 Å². The number of benzene rings is 1.